The van der Waals surface area contributed by atoms with Crippen molar-refractivity contribution in [3.63, 3.8) is 0 Å². The predicted octanol–water partition coefficient (Wildman–Crippen LogP) is 1.65. The molecular weight excluding hydrogens is 244 g/mol. The van der Waals surface area contributed by atoms with E-state index in [1.54, 1.807) is 19.1 Å². The summed E-state index contributed by atoms with van der Waals surface area (Å²) in [5.74, 6) is -0.412. The molecule has 1 aromatic carbocycles. The number of benzene rings is 1. The molecule has 0 aromatic heterocycles. The fraction of sp³-hybridized carbons (Fsp3) is 0.429. The number of carbonyl (C=O) groups excluding carboxylic acids is 2. The van der Waals surface area contributed by atoms with Crippen LogP contribution in [-0.4, -0.2) is 25.0 Å². The Morgan fingerprint density at radius 3 is 2.79 bits per heavy atom. The van der Waals surface area contributed by atoms with Crippen molar-refractivity contribution in [1.29, 1.82) is 0 Å². The second-order valence-corrected chi connectivity index (χ2v) is 4.24. The second-order valence-electron chi connectivity index (χ2n) is 4.24. The van der Waals surface area contributed by atoms with Crippen molar-refractivity contribution < 1.29 is 14.3 Å². The van der Waals surface area contributed by atoms with Crippen LogP contribution in [0.15, 0.2) is 18.2 Å². The zero-order chi connectivity index (χ0) is 14.3. The Balaban J connectivity index is 2.39. The van der Waals surface area contributed by atoms with Gasteiger partial charge in [0.2, 0.25) is 0 Å². The van der Waals surface area contributed by atoms with Gasteiger partial charge in [0.05, 0.1) is 6.61 Å². The monoisotopic (exact) mass is 264 g/mol. The molecule has 0 unspecified atom stereocenters. The number of ether oxygens (including phenoxy) is 1. The first-order chi connectivity index (χ1) is 9.04. The number of nitrogens with two attached hydrogens (primary N) is 1. The van der Waals surface area contributed by atoms with Crippen LogP contribution in [0.2, 0.25) is 0 Å². The molecule has 0 bridgehead atoms. The van der Waals surface area contributed by atoms with Gasteiger partial charge in [-0.2, -0.15) is 0 Å². The van der Waals surface area contributed by atoms with Crippen molar-refractivity contribution in [1.82, 2.24) is 5.32 Å². The van der Waals surface area contributed by atoms with E-state index >= 15 is 0 Å². The molecule has 0 radical (unpaired) electrons. The summed E-state index contributed by atoms with van der Waals surface area (Å²) in [6, 6.07) is 5.21. The number of hydrogen-bond acceptors (Lipinski definition) is 4. The molecule has 0 saturated carbocycles. The van der Waals surface area contributed by atoms with Gasteiger partial charge in [-0.3, -0.25) is 9.59 Å². The number of nitrogens with one attached hydrogen (secondary N) is 1. The molecule has 1 rings (SSSR count). The first-order valence-electron chi connectivity index (χ1n) is 6.34. The Kier molecular flexibility index (Phi) is 5.85. The topological polar surface area (TPSA) is 81.4 Å². The van der Waals surface area contributed by atoms with Crippen LogP contribution in [-0.2, 0) is 9.53 Å². The molecule has 19 heavy (non-hydrogen) atoms. The summed E-state index contributed by atoms with van der Waals surface area (Å²) in [6.45, 7) is 4.44. The molecule has 5 heteroatoms. The Bertz CT molecular complexity index is 458. The Morgan fingerprint density at radius 2 is 2.11 bits per heavy atom. The molecule has 0 aliphatic heterocycles. The van der Waals surface area contributed by atoms with Crippen molar-refractivity contribution >= 4 is 17.6 Å². The average molecular weight is 264 g/mol. The third-order valence-electron chi connectivity index (χ3n) is 2.65. The van der Waals surface area contributed by atoms with Gasteiger partial charge in [-0.25, -0.2) is 0 Å². The molecule has 104 valence electrons. The summed E-state index contributed by atoms with van der Waals surface area (Å²) in [4.78, 5) is 23.0. The maximum absolute atomic E-state index is 11.9. The van der Waals surface area contributed by atoms with E-state index in [2.05, 4.69) is 5.32 Å². The van der Waals surface area contributed by atoms with Crippen LogP contribution >= 0.6 is 0 Å². The number of rotatable bonds is 6. The highest BCUT2D eigenvalue weighted by molar-refractivity contribution is 5.96. The molecule has 0 aliphatic rings. The molecular formula is C14H20N2O3. The van der Waals surface area contributed by atoms with Crippen LogP contribution in [0.5, 0.6) is 0 Å². The lowest BCUT2D eigenvalue weighted by Gasteiger charge is -2.08. The van der Waals surface area contributed by atoms with Gasteiger partial charge in [0, 0.05) is 24.2 Å². The van der Waals surface area contributed by atoms with Crippen LogP contribution in [0.25, 0.3) is 0 Å². The van der Waals surface area contributed by atoms with E-state index in [9.17, 15) is 9.59 Å². The maximum atomic E-state index is 11.9. The third kappa shape index (κ3) is 4.99. The average Bonchev–Trinajstić information content (AvgIpc) is 2.37. The van der Waals surface area contributed by atoms with Gasteiger partial charge in [0.1, 0.15) is 0 Å². The van der Waals surface area contributed by atoms with Crippen LogP contribution < -0.4 is 11.1 Å². The van der Waals surface area contributed by atoms with Crippen molar-refractivity contribution in [2.45, 2.75) is 26.7 Å². The van der Waals surface area contributed by atoms with Gasteiger partial charge in [-0.1, -0.05) is 6.07 Å². The zero-order valence-corrected chi connectivity index (χ0v) is 11.4. The van der Waals surface area contributed by atoms with E-state index < -0.39 is 0 Å². The first-order valence-corrected chi connectivity index (χ1v) is 6.34. The van der Waals surface area contributed by atoms with Gasteiger partial charge in [-0.15, -0.1) is 0 Å². The van der Waals surface area contributed by atoms with E-state index in [-0.39, 0.29) is 11.9 Å². The van der Waals surface area contributed by atoms with Crippen molar-refractivity contribution in [2.75, 3.05) is 18.9 Å². The summed E-state index contributed by atoms with van der Waals surface area (Å²) in [6.07, 6.45) is 0.871. The molecule has 5 nitrogen and oxygen atoms in total. The van der Waals surface area contributed by atoms with Crippen molar-refractivity contribution in [3.05, 3.63) is 29.3 Å². The van der Waals surface area contributed by atoms with Gasteiger partial charge >= 0.3 is 5.97 Å². The van der Waals surface area contributed by atoms with Crippen LogP contribution in [0.1, 0.15) is 35.7 Å². The first kappa shape index (κ1) is 15.0. The number of nitrogen functional groups attached to an aromatic ring is 1. The fourth-order valence-corrected chi connectivity index (χ4v) is 1.65. The lowest BCUT2D eigenvalue weighted by molar-refractivity contribution is -0.143. The summed E-state index contributed by atoms with van der Waals surface area (Å²) in [5, 5.41) is 2.76. The maximum Gasteiger partial charge on any atom is 0.305 e. The smallest absolute Gasteiger partial charge is 0.305 e. The minimum atomic E-state index is -0.239. The normalized spacial score (nSPS) is 10.0. The predicted molar refractivity (Wildman–Crippen MR) is 73.8 cm³/mol. The van der Waals surface area contributed by atoms with Gasteiger partial charge in [-0.05, 0) is 38.0 Å². The zero-order valence-electron chi connectivity index (χ0n) is 11.4. The highest BCUT2D eigenvalue weighted by Crippen LogP contribution is 2.12. The summed E-state index contributed by atoms with van der Waals surface area (Å²) in [5.41, 5.74) is 7.65. The number of esters is 1. The highest BCUT2D eigenvalue weighted by Gasteiger charge is 2.09. The number of anilines is 1. The number of hydrogen-bond donors (Lipinski definition) is 2. The van der Waals surface area contributed by atoms with Crippen molar-refractivity contribution in [2.24, 2.45) is 0 Å². The molecule has 0 spiro atoms. The number of amides is 1. The van der Waals surface area contributed by atoms with Gasteiger partial charge < -0.3 is 15.8 Å². The molecule has 0 aliphatic carbocycles. The van der Waals surface area contributed by atoms with Crippen LogP contribution in [0.3, 0.4) is 0 Å². The highest BCUT2D eigenvalue weighted by atomic mass is 16.5. The molecule has 3 N–H and O–H groups in total. The lowest BCUT2D eigenvalue weighted by atomic mass is 10.1. The van der Waals surface area contributed by atoms with E-state index in [1.807, 2.05) is 13.0 Å². The third-order valence-corrected chi connectivity index (χ3v) is 2.65. The molecule has 1 aromatic rings. The van der Waals surface area contributed by atoms with Gasteiger partial charge in [0.25, 0.3) is 5.91 Å². The molecule has 0 atom stereocenters. The minimum absolute atomic E-state index is 0.173. The second kappa shape index (κ2) is 7.41. The van der Waals surface area contributed by atoms with E-state index in [0.29, 0.717) is 37.2 Å². The largest absolute Gasteiger partial charge is 0.466 e. The summed E-state index contributed by atoms with van der Waals surface area (Å²) in [7, 11) is 0. The van der Waals surface area contributed by atoms with Crippen LogP contribution in [0, 0.1) is 6.92 Å². The summed E-state index contributed by atoms with van der Waals surface area (Å²) < 4.78 is 4.80. The van der Waals surface area contributed by atoms with Crippen molar-refractivity contribution in [3.8, 4) is 0 Å². The lowest BCUT2D eigenvalue weighted by Crippen LogP contribution is -2.25. The van der Waals surface area contributed by atoms with Gasteiger partial charge in [0.15, 0.2) is 0 Å². The molecule has 0 heterocycles. The van der Waals surface area contributed by atoms with E-state index in [1.165, 1.54) is 0 Å². The molecule has 1 amide bonds. The standard InChI is InChI=1S/C14H20N2O3/c1-3-19-13(17)5-4-8-16-14(18)12-9-11(15)7-6-10(12)2/h6-7,9H,3-5,8,15H2,1-2H3,(H,16,18). The Labute approximate surface area is 113 Å². The SMILES string of the molecule is CCOC(=O)CCCNC(=O)c1cc(N)ccc1C. The van der Waals surface area contributed by atoms with E-state index in [0.717, 1.165) is 5.56 Å². The summed E-state index contributed by atoms with van der Waals surface area (Å²) >= 11 is 0. The Hall–Kier alpha value is -2.04. The fourth-order valence-electron chi connectivity index (χ4n) is 1.65. The molecule has 0 saturated heterocycles. The minimum Gasteiger partial charge on any atom is -0.466 e. The number of aryl methyl sites for hydroxylation is 1. The molecule has 0 fully saturated rings. The number of carbonyl (C=O) groups is 2. The Morgan fingerprint density at radius 1 is 1.37 bits per heavy atom. The van der Waals surface area contributed by atoms with Crippen LogP contribution in [0.4, 0.5) is 5.69 Å². The quantitative estimate of drug-likeness (QED) is 0.465. The van der Waals surface area contributed by atoms with E-state index in [4.69, 9.17) is 10.5 Å².